The Morgan fingerprint density at radius 2 is 2.05 bits per heavy atom. The molecule has 4 nitrogen and oxygen atoms in total. The molecule has 0 unspecified atom stereocenters. The lowest BCUT2D eigenvalue weighted by atomic mass is 10.1. The van der Waals surface area contributed by atoms with Crippen molar-refractivity contribution in [2.45, 2.75) is 20.0 Å². The number of carbonyl (C=O) groups excluding carboxylic acids is 1. The molecule has 21 heavy (non-hydrogen) atoms. The minimum Gasteiger partial charge on any atom is -0.482 e. The monoisotopic (exact) mass is 282 g/mol. The first kappa shape index (κ1) is 13.6. The van der Waals surface area contributed by atoms with Gasteiger partial charge in [0.2, 0.25) is 0 Å². The molecule has 4 heteroatoms. The van der Waals surface area contributed by atoms with Crippen LogP contribution >= 0.6 is 0 Å². The summed E-state index contributed by atoms with van der Waals surface area (Å²) in [5.74, 6) is 0.709. The molecule has 2 aromatic carbocycles. The summed E-state index contributed by atoms with van der Waals surface area (Å²) < 4.78 is 5.50. The van der Waals surface area contributed by atoms with Crippen molar-refractivity contribution < 1.29 is 9.53 Å². The van der Waals surface area contributed by atoms with Gasteiger partial charge in [-0.1, -0.05) is 30.3 Å². The van der Waals surface area contributed by atoms with Crippen LogP contribution in [0, 0.1) is 6.92 Å². The molecule has 0 fully saturated rings. The minimum atomic E-state index is -0.0278. The van der Waals surface area contributed by atoms with Crippen LogP contribution in [0.15, 0.2) is 42.5 Å². The fraction of sp³-hybridized carbons (Fsp3) is 0.235. The Morgan fingerprint density at radius 3 is 2.81 bits per heavy atom. The van der Waals surface area contributed by atoms with Gasteiger partial charge < -0.3 is 15.4 Å². The Bertz CT molecular complexity index is 682. The van der Waals surface area contributed by atoms with Gasteiger partial charge in [0.15, 0.2) is 6.61 Å². The normalized spacial score (nSPS) is 13.8. The lowest BCUT2D eigenvalue weighted by Crippen LogP contribution is -2.38. The van der Waals surface area contributed by atoms with Gasteiger partial charge in [0.05, 0.1) is 12.2 Å². The second kappa shape index (κ2) is 5.58. The molecule has 1 aliphatic rings. The van der Waals surface area contributed by atoms with Crippen LogP contribution in [0.5, 0.6) is 5.75 Å². The summed E-state index contributed by atoms with van der Waals surface area (Å²) in [6, 6.07) is 13.8. The van der Waals surface area contributed by atoms with Crippen LogP contribution in [-0.2, 0) is 17.9 Å². The Balaban J connectivity index is 1.99. The van der Waals surface area contributed by atoms with Gasteiger partial charge in [-0.25, -0.2) is 0 Å². The molecule has 1 heterocycles. The lowest BCUT2D eigenvalue weighted by Gasteiger charge is -2.30. The molecule has 0 aliphatic carbocycles. The number of hydrogen-bond acceptors (Lipinski definition) is 3. The molecule has 0 aromatic heterocycles. The summed E-state index contributed by atoms with van der Waals surface area (Å²) in [6.07, 6.45) is 0. The third kappa shape index (κ3) is 2.62. The van der Waals surface area contributed by atoms with E-state index in [9.17, 15) is 4.79 Å². The topological polar surface area (TPSA) is 55.6 Å². The Kier molecular flexibility index (Phi) is 3.62. The molecule has 0 saturated heterocycles. The standard InChI is InChI=1S/C17H18N2O2/c1-12-4-2-3-5-14(12)10-19-15-8-13(9-18)6-7-16(15)21-11-17(19)20/h2-8H,9-11,18H2,1H3. The quantitative estimate of drug-likeness (QED) is 0.940. The van der Waals surface area contributed by atoms with Crippen molar-refractivity contribution in [1.82, 2.24) is 0 Å². The fourth-order valence-electron chi connectivity index (χ4n) is 2.51. The van der Waals surface area contributed by atoms with Crippen LogP contribution in [0.4, 0.5) is 5.69 Å². The fourth-order valence-corrected chi connectivity index (χ4v) is 2.51. The number of rotatable bonds is 3. The molecule has 0 saturated carbocycles. The van der Waals surface area contributed by atoms with Gasteiger partial charge in [0.1, 0.15) is 5.75 Å². The first-order chi connectivity index (χ1) is 10.2. The van der Waals surface area contributed by atoms with Crippen molar-refractivity contribution in [3.05, 3.63) is 59.2 Å². The van der Waals surface area contributed by atoms with E-state index >= 15 is 0 Å². The molecule has 3 rings (SSSR count). The lowest BCUT2D eigenvalue weighted by molar-refractivity contribution is -0.121. The van der Waals surface area contributed by atoms with Gasteiger partial charge in [-0.05, 0) is 35.7 Å². The SMILES string of the molecule is Cc1ccccc1CN1C(=O)COc2ccc(CN)cc21. The number of nitrogens with zero attached hydrogens (tertiary/aromatic N) is 1. The van der Waals surface area contributed by atoms with Crippen LogP contribution < -0.4 is 15.4 Å². The van der Waals surface area contributed by atoms with E-state index in [1.807, 2.05) is 36.4 Å². The van der Waals surface area contributed by atoms with Crippen molar-refractivity contribution in [2.75, 3.05) is 11.5 Å². The van der Waals surface area contributed by atoms with E-state index in [4.69, 9.17) is 10.5 Å². The predicted molar refractivity (Wildman–Crippen MR) is 82.2 cm³/mol. The van der Waals surface area contributed by atoms with Crippen molar-refractivity contribution in [1.29, 1.82) is 0 Å². The molecule has 0 radical (unpaired) electrons. The van der Waals surface area contributed by atoms with Crippen LogP contribution in [-0.4, -0.2) is 12.5 Å². The van der Waals surface area contributed by atoms with Gasteiger partial charge in [0.25, 0.3) is 5.91 Å². The minimum absolute atomic E-state index is 0.0278. The highest BCUT2D eigenvalue weighted by Gasteiger charge is 2.26. The van der Waals surface area contributed by atoms with Crippen molar-refractivity contribution >= 4 is 11.6 Å². The van der Waals surface area contributed by atoms with E-state index in [1.54, 1.807) is 4.90 Å². The Labute approximate surface area is 124 Å². The average Bonchev–Trinajstić information content (AvgIpc) is 2.51. The molecule has 108 valence electrons. The molecule has 0 bridgehead atoms. The summed E-state index contributed by atoms with van der Waals surface area (Å²) in [5, 5.41) is 0. The predicted octanol–water partition coefficient (Wildman–Crippen LogP) is 2.38. The number of nitrogens with two attached hydrogens (primary N) is 1. The number of ether oxygens (including phenoxy) is 1. The maximum atomic E-state index is 12.2. The zero-order valence-electron chi connectivity index (χ0n) is 12.0. The van der Waals surface area contributed by atoms with Crippen molar-refractivity contribution in [3.63, 3.8) is 0 Å². The number of aryl methyl sites for hydroxylation is 1. The second-order valence-electron chi connectivity index (χ2n) is 5.20. The highest BCUT2D eigenvalue weighted by Crippen LogP contribution is 2.34. The molecular weight excluding hydrogens is 264 g/mol. The molecule has 1 amide bonds. The van der Waals surface area contributed by atoms with Gasteiger partial charge in [-0.2, -0.15) is 0 Å². The van der Waals surface area contributed by atoms with Gasteiger partial charge in [-0.15, -0.1) is 0 Å². The zero-order valence-corrected chi connectivity index (χ0v) is 12.0. The van der Waals surface area contributed by atoms with E-state index < -0.39 is 0 Å². The molecule has 1 aliphatic heterocycles. The van der Waals surface area contributed by atoms with Crippen molar-refractivity contribution in [2.24, 2.45) is 5.73 Å². The van der Waals surface area contributed by atoms with Crippen LogP contribution in [0.3, 0.4) is 0 Å². The summed E-state index contributed by atoms with van der Waals surface area (Å²) in [7, 11) is 0. The Hall–Kier alpha value is -2.33. The summed E-state index contributed by atoms with van der Waals surface area (Å²) in [5.41, 5.74) is 9.80. The van der Waals surface area contributed by atoms with E-state index in [1.165, 1.54) is 5.56 Å². The molecule has 2 aromatic rings. The van der Waals surface area contributed by atoms with Crippen LogP contribution in [0.2, 0.25) is 0 Å². The number of carbonyl (C=O) groups is 1. The molecule has 0 atom stereocenters. The van der Waals surface area contributed by atoms with Gasteiger partial charge in [0, 0.05) is 6.54 Å². The smallest absolute Gasteiger partial charge is 0.265 e. The number of benzene rings is 2. The Morgan fingerprint density at radius 1 is 1.24 bits per heavy atom. The number of fused-ring (bicyclic) bond motifs is 1. The number of anilines is 1. The van der Waals surface area contributed by atoms with E-state index in [-0.39, 0.29) is 12.5 Å². The van der Waals surface area contributed by atoms with E-state index in [0.717, 1.165) is 22.6 Å². The summed E-state index contributed by atoms with van der Waals surface area (Å²) in [4.78, 5) is 14.0. The third-order valence-corrected chi connectivity index (χ3v) is 3.79. The number of amides is 1. The molecular formula is C17H18N2O2. The van der Waals surface area contributed by atoms with Gasteiger partial charge >= 0.3 is 0 Å². The number of hydrogen-bond donors (Lipinski definition) is 1. The maximum absolute atomic E-state index is 12.2. The maximum Gasteiger partial charge on any atom is 0.265 e. The third-order valence-electron chi connectivity index (χ3n) is 3.79. The highest BCUT2D eigenvalue weighted by molar-refractivity contribution is 5.97. The van der Waals surface area contributed by atoms with E-state index in [0.29, 0.717) is 13.1 Å². The van der Waals surface area contributed by atoms with Crippen LogP contribution in [0.1, 0.15) is 16.7 Å². The second-order valence-corrected chi connectivity index (χ2v) is 5.20. The molecule has 2 N–H and O–H groups in total. The summed E-state index contributed by atoms with van der Waals surface area (Å²) >= 11 is 0. The summed E-state index contributed by atoms with van der Waals surface area (Å²) in [6.45, 7) is 3.13. The zero-order chi connectivity index (χ0) is 14.8. The molecule has 0 spiro atoms. The van der Waals surface area contributed by atoms with E-state index in [2.05, 4.69) is 13.0 Å². The van der Waals surface area contributed by atoms with Gasteiger partial charge in [-0.3, -0.25) is 4.79 Å². The largest absolute Gasteiger partial charge is 0.482 e. The average molecular weight is 282 g/mol. The van der Waals surface area contributed by atoms with Crippen LogP contribution in [0.25, 0.3) is 0 Å². The highest BCUT2D eigenvalue weighted by atomic mass is 16.5. The first-order valence-corrected chi connectivity index (χ1v) is 6.99. The van der Waals surface area contributed by atoms with Crippen molar-refractivity contribution in [3.8, 4) is 5.75 Å². The first-order valence-electron chi connectivity index (χ1n) is 6.99.